The molecule has 4 heteroatoms. The Hall–Kier alpha value is -1.84. The summed E-state index contributed by atoms with van der Waals surface area (Å²) in [6.45, 7) is 3.69. The summed E-state index contributed by atoms with van der Waals surface area (Å²) < 4.78 is 20.4. The average molecular weight is 235 g/mol. The summed E-state index contributed by atoms with van der Waals surface area (Å²) in [6, 6.07) is 6.32. The number of nitrogens with zero attached hydrogens (tertiary/aromatic N) is 1. The van der Waals surface area contributed by atoms with Crippen molar-refractivity contribution in [1.29, 1.82) is 0 Å². The topological polar surface area (TPSA) is 30.7 Å². The predicted molar refractivity (Wildman–Crippen MR) is 62.7 cm³/mol. The predicted octanol–water partition coefficient (Wildman–Crippen LogP) is 2.96. The number of aromatic nitrogens is 1. The van der Waals surface area contributed by atoms with E-state index in [4.69, 9.17) is 4.74 Å². The Kier molecular flexibility index (Phi) is 3.13. The highest BCUT2D eigenvalue weighted by atomic mass is 19.1. The first-order valence-corrected chi connectivity index (χ1v) is 5.66. The van der Waals surface area contributed by atoms with E-state index >= 15 is 0 Å². The third-order valence-electron chi connectivity index (χ3n) is 2.67. The summed E-state index contributed by atoms with van der Waals surface area (Å²) in [5.74, 6) is -0.273. The molecule has 0 fully saturated rings. The molecule has 0 atom stereocenters. The number of hydrogen-bond acceptors (Lipinski definition) is 2. The van der Waals surface area contributed by atoms with Crippen LogP contribution in [0.5, 0.6) is 5.88 Å². The van der Waals surface area contributed by atoms with Crippen LogP contribution in [0.25, 0.3) is 5.52 Å². The minimum Gasteiger partial charge on any atom is -0.409 e. The van der Waals surface area contributed by atoms with E-state index in [2.05, 4.69) is 0 Å². The van der Waals surface area contributed by atoms with Gasteiger partial charge in [-0.15, -0.1) is 0 Å². The van der Waals surface area contributed by atoms with Gasteiger partial charge in [-0.25, -0.2) is 4.39 Å². The summed E-state index contributed by atoms with van der Waals surface area (Å²) in [4.78, 5) is 11.3. The number of ether oxygens (including phenoxy) is 1. The molecule has 0 saturated heterocycles. The zero-order chi connectivity index (χ0) is 12.4. The van der Waals surface area contributed by atoms with E-state index in [1.165, 1.54) is 12.1 Å². The van der Waals surface area contributed by atoms with E-state index in [1.54, 1.807) is 17.4 Å². The highest BCUT2D eigenvalue weighted by Crippen LogP contribution is 2.22. The monoisotopic (exact) mass is 235 g/mol. The molecule has 2 heterocycles. The molecule has 90 valence electrons. The fraction of sp³-hybridized carbons (Fsp3) is 0.308. The van der Waals surface area contributed by atoms with E-state index < -0.39 is 0 Å². The fourth-order valence-electron chi connectivity index (χ4n) is 1.77. The lowest BCUT2D eigenvalue weighted by atomic mass is 10.3. The van der Waals surface area contributed by atoms with Gasteiger partial charge in [-0.2, -0.15) is 0 Å². The first kappa shape index (κ1) is 11.6. The van der Waals surface area contributed by atoms with Gasteiger partial charge < -0.3 is 4.74 Å². The van der Waals surface area contributed by atoms with E-state index in [9.17, 15) is 9.18 Å². The van der Waals surface area contributed by atoms with Crippen LogP contribution in [0.4, 0.5) is 4.39 Å². The van der Waals surface area contributed by atoms with Crippen LogP contribution < -0.4 is 4.74 Å². The zero-order valence-electron chi connectivity index (χ0n) is 9.87. The van der Waals surface area contributed by atoms with Crippen molar-refractivity contribution < 1.29 is 13.9 Å². The normalized spacial score (nSPS) is 10.8. The molecule has 0 N–H and O–H groups in total. The molecule has 0 saturated carbocycles. The molecule has 0 unspecified atom stereocenters. The third kappa shape index (κ3) is 2.02. The largest absolute Gasteiger partial charge is 0.409 e. The van der Waals surface area contributed by atoms with Gasteiger partial charge in [-0.1, -0.05) is 13.8 Å². The maximum atomic E-state index is 13.6. The molecule has 3 nitrogen and oxygen atoms in total. The second-order valence-electron chi connectivity index (χ2n) is 3.75. The smallest absolute Gasteiger partial charge is 0.312 e. The fourth-order valence-corrected chi connectivity index (χ4v) is 1.77. The summed E-state index contributed by atoms with van der Waals surface area (Å²) in [5.41, 5.74) is 1.35. The van der Waals surface area contributed by atoms with Crippen LogP contribution in [-0.2, 0) is 11.2 Å². The average Bonchev–Trinajstić information content (AvgIpc) is 2.77. The van der Waals surface area contributed by atoms with Gasteiger partial charge in [0.15, 0.2) is 0 Å². The lowest BCUT2D eigenvalue weighted by molar-refractivity contribution is -0.134. The number of carbonyl (C=O) groups excluding carboxylic acids is 1. The molecule has 0 aliphatic rings. The second kappa shape index (κ2) is 4.57. The van der Waals surface area contributed by atoms with Crippen molar-refractivity contribution in [2.45, 2.75) is 26.7 Å². The van der Waals surface area contributed by atoms with Crippen molar-refractivity contribution in [3.05, 3.63) is 35.8 Å². The van der Waals surface area contributed by atoms with Gasteiger partial charge in [-0.3, -0.25) is 9.20 Å². The molecule has 2 aromatic rings. The lowest BCUT2D eigenvalue weighted by Gasteiger charge is -2.09. The van der Waals surface area contributed by atoms with E-state index in [0.29, 0.717) is 17.8 Å². The van der Waals surface area contributed by atoms with Gasteiger partial charge in [0.25, 0.3) is 0 Å². The Morgan fingerprint density at radius 3 is 2.71 bits per heavy atom. The van der Waals surface area contributed by atoms with Crippen LogP contribution in [0.2, 0.25) is 0 Å². The van der Waals surface area contributed by atoms with Crippen molar-refractivity contribution in [2.24, 2.45) is 0 Å². The number of rotatable bonds is 3. The molecular weight excluding hydrogens is 221 g/mol. The molecule has 0 aromatic carbocycles. The Balaban J connectivity index is 2.58. The number of fused-ring (bicyclic) bond motifs is 1. The maximum absolute atomic E-state index is 13.6. The van der Waals surface area contributed by atoms with E-state index in [-0.39, 0.29) is 11.8 Å². The van der Waals surface area contributed by atoms with E-state index in [1.807, 2.05) is 13.0 Å². The molecule has 2 rings (SSSR count). The van der Waals surface area contributed by atoms with Crippen LogP contribution in [0, 0.1) is 5.82 Å². The molecular formula is C13H14FNO2. The molecule has 0 aliphatic heterocycles. The highest BCUT2D eigenvalue weighted by Gasteiger charge is 2.12. The number of hydrogen-bond donors (Lipinski definition) is 0. The van der Waals surface area contributed by atoms with Gasteiger partial charge in [0.05, 0.1) is 5.52 Å². The van der Waals surface area contributed by atoms with Crippen LogP contribution in [0.3, 0.4) is 0 Å². The Bertz CT molecular complexity index is 560. The molecule has 17 heavy (non-hydrogen) atoms. The molecule has 0 amide bonds. The van der Waals surface area contributed by atoms with Crippen LogP contribution in [-0.4, -0.2) is 10.4 Å². The maximum Gasteiger partial charge on any atom is 0.312 e. The zero-order valence-corrected chi connectivity index (χ0v) is 9.87. The van der Waals surface area contributed by atoms with Crippen molar-refractivity contribution in [1.82, 2.24) is 4.40 Å². The number of carbonyl (C=O) groups is 1. The van der Waals surface area contributed by atoms with Crippen LogP contribution in [0.15, 0.2) is 24.3 Å². The van der Waals surface area contributed by atoms with Gasteiger partial charge in [0.2, 0.25) is 5.88 Å². The summed E-state index contributed by atoms with van der Waals surface area (Å²) in [7, 11) is 0. The number of aryl methyl sites for hydroxylation is 1. The highest BCUT2D eigenvalue weighted by molar-refractivity contribution is 5.72. The van der Waals surface area contributed by atoms with Crippen LogP contribution in [0.1, 0.15) is 26.0 Å². The van der Waals surface area contributed by atoms with Gasteiger partial charge in [-0.05, 0) is 24.6 Å². The summed E-state index contributed by atoms with van der Waals surface area (Å²) in [6.07, 6.45) is 1.04. The molecule has 0 spiro atoms. The first-order chi connectivity index (χ1) is 8.17. The van der Waals surface area contributed by atoms with Gasteiger partial charge >= 0.3 is 5.97 Å². The van der Waals surface area contributed by atoms with Crippen molar-refractivity contribution in [3.63, 3.8) is 0 Å². The second-order valence-corrected chi connectivity index (χ2v) is 3.75. The van der Waals surface area contributed by atoms with Crippen molar-refractivity contribution >= 4 is 11.5 Å². The SMILES string of the molecule is CCC(=O)Oc1ccc(F)c2ccc(CC)n12. The standard InChI is InChI=1S/C13H14FNO2/c1-3-9-5-7-11-10(14)6-8-12(15(9)11)17-13(16)4-2/h5-8H,3-4H2,1-2H3. The quantitative estimate of drug-likeness (QED) is 0.766. The Morgan fingerprint density at radius 2 is 2.06 bits per heavy atom. The van der Waals surface area contributed by atoms with Crippen LogP contribution >= 0.6 is 0 Å². The molecule has 0 bridgehead atoms. The number of halogens is 1. The minimum absolute atomic E-state index is 0.293. The molecule has 2 aromatic heterocycles. The van der Waals surface area contributed by atoms with Gasteiger partial charge in [0.1, 0.15) is 5.82 Å². The van der Waals surface area contributed by atoms with E-state index in [0.717, 1.165) is 12.1 Å². The summed E-state index contributed by atoms with van der Waals surface area (Å²) in [5, 5.41) is 0. The molecule has 0 radical (unpaired) electrons. The lowest BCUT2D eigenvalue weighted by Crippen LogP contribution is -2.09. The first-order valence-electron chi connectivity index (χ1n) is 5.66. The Labute approximate surface area is 98.8 Å². The minimum atomic E-state index is -0.325. The van der Waals surface area contributed by atoms with Crippen molar-refractivity contribution in [2.75, 3.05) is 0 Å². The van der Waals surface area contributed by atoms with Crippen molar-refractivity contribution in [3.8, 4) is 5.88 Å². The number of pyridine rings is 1. The summed E-state index contributed by atoms with van der Waals surface area (Å²) >= 11 is 0. The third-order valence-corrected chi connectivity index (χ3v) is 2.67. The number of esters is 1. The molecule has 0 aliphatic carbocycles. The van der Waals surface area contributed by atoms with Gasteiger partial charge in [0, 0.05) is 18.2 Å². The Morgan fingerprint density at radius 1 is 1.29 bits per heavy atom.